The maximum absolute atomic E-state index is 12.7. The van der Waals surface area contributed by atoms with Crippen LogP contribution in [0.4, 0.5) is 11.6 Å². The minimum atomic E-state index is -4.20. The van der Waals surface area contributed by atoms with E-state index in [1.54, 1.807) is 12.1 Å². The van der Waals surface area contributed by atoms with Gasteiger partial charge in [0.25, 0.3) is 19.3 Å². The number of carbonyl (C=O) groups is 3. The molecule has 0 spiro atoms. The van der Waals surface area contributed by atoms with E-state index in [2.05, 4.69) is 39.6 Å². The van der Waals surface area contributed by atoms with Gasteiger partial charge in [0.2, 0.25) is 5.95 Å². The number of nitrogen functional groups attached to an aromatic ring is 1. The first-order valence-electron chi connectivity index (χ1n) is 14.9. The van der Waals surface area contributed by atoms with Gasteiger partial charge in [0, 0.05) is 31.2 Å². The van der Waals surface area contributed by atoms with Gasteiger partial charge in [0.05, 0.1) is 25.0 Å². The zero-order valence-electron chi connectivity index (χ0n) is 26.1. The van der Waals surface area contributed by atoms with Crippen molar-refractivity contribution in [2.75, 3.05) is 24.8 Å². The number of aromatic nitrogens is 4. The van der Waals surface area contributed by atoms with Crippen molar-refractivity contribution in [2.45, 2.75) is 77.8 Å². The van der Waals surface area contributed by atoms with Gasteiger partial charge in [-0.15, -0.1) is 0 Å². The standard InChI is InChI=1S/C27H36N7O9P.C2H6/c1-42-44(40,41)43-14-6-4-2-3-5-7-20(35)12-13-21(26(38)39)32-24(36)17-8-10-18(11-9-17)29-15-19-16-30-23-22(31-19)25(37)34-27(28)33-23;1-2/h8-11,16,21,29H,2-7,12-15H2,1H3,(H,32,36)(H,38,39)(H,40,41)(H3,28,30,33,34,37);1-2H3/p-1/t21-;/m0./s1. The van der Waals surface area contributed by atoms with Gasteiger partial charge < -0.3 is 35.4 Å². The highest BCUT2D eigenvalue weighted by molar-refractivity contribution is 7.45. The number of carboxylic acid groups (broad SMARTS) is 1. The lowest BCUT2D eigenvalue weighted by Crippen LogP contribution is -2.41. The monoisotopic (exact) mass is 662 g/mol. The van der Waals surface area contributed by atoms with E-state index in [1.165, 1.54) is 18.3 Å². The van der Waals surface area contributed by atoms with Gasteiger partial charge >= 0.3 is 5.97 Å². The minimum Gasteiger partial charge on any atom is -0.756 e. The molecule has 0 aliphatic carbocycles. The first kappa shape index (κ1) is 37.9. The molecule has 17 heteroatoms. The smallest absolute Gasteiger partial charge is 0.326 e. The number of fused-ring (bicyclic) bond motifs is 1. The predicted molar refractivity (Wildman–Crippen MR) is 169 cm³/mol. The van der Waals surface area contributed by atoms with Crippen LogP contribution in [-0.2, 0) is 29.7 Å². The molecule has 1 amide bonds. The summed E-state index contributed by atoms with van der Waals surface area (Å²) in [6.45, 7) is 4.27. The molecule has 0 aliphatic rings. The Morgan fingerprint density at radius 1 is 1.07 bits per heavy atom. The predicted octanol–water partition coefficient (Wildman–Crippen LogP) is 2.94. The van der Waals surface area contributed by atoms with Gasteiger partial charge in [0.15, 0.2) is 11.2 Å². The maximum atomic E-state index is 12.7. The van der Waals surface area contributed by atoms with Crippen molar-refractivity contribution in [3.8, 4) is 0 Å². The molecule has 3 rings (SSSR count). The Balaban J connectivity index is 0.00000361. The molecule has 3 aromatic rings. The second-order valence-electron chi connectivity index (χ2n) is 9.84. The SMILES string of the molecule is CC.COP(=O)([O-])OCCCCCCCC(=O)CC[C@H](NC(=O)c1ccc(NCc2cnc3nc(N)[nH]c(=O)c3n2)cc1)C(=O)O. The number of Topliss-reactive ketones (excluding diaryl/α,β-unsaturated/α-hetero) is 1. The molecule has 252 valence electrons. The normalized spacial score (nSPS) is 12.8. The Morgan fingerprint density at radius 3 is 2.41 bits per heavy atom. The number of benzene rings is 1. The molecule has 0 saturated carbocycles. The zero-order valence-corrected chi connectivity index (χ0v) is 27.0. The van der Waals surface area contributed by atoms with Crippen LogP contribution in [0.1, 0.15) is 81.3 Å². The summed E-state index contributed by atoms with van der Waals surface area (Å²) in [6.07, 6.45) is 5.18. The Bertz CT molecular complexity index is 1550. The molecule has 2 aromatic heterocycles. The molecule has 0 saturated heterocycles. The quantitative estimate of drug-likeness (QED) is 0.0914. The van der Waals surface area contributed by atoms with Crippen LogP contribution in [0.25, 0.3) is 11.2 Å². The van der Waals surface area contributed by atoms with Gasteiger partial charge in [0.1, 0.15) is 11.8 Å². The Labute approximate surface area is 266 Å². The topological polar surface area (TPSA) is 252 Å². The van der Waals surface area contributed by atoms with Crippen molar-refractivity contribution in [2.24, 2.45) is 0 Å². The average molecular weight is 663 g/mol. The van der Waals surface area contributed by atoms with Crippen molar-refractivity contribution in [1.29, 1.82) is 0 Å². The Hall–Kier alpha value is -4.24. The molecule has 0 radical (unpaired) electrons. The number of anilines is 2. The molecule has 1 unspecified atom stereocenters. The average Bonchev–Trinajstić information content (AvgIpc) is 3.04. The van der Waals surface area contributed by atoms with Crippen molar-refractivity contribution in [3.05, 3.63) is 52.1 Å². The number of ketones is 1. The number of carboxylic acids is 1. The van der Waals surface area contributed by atoms with Crippen molar-refractivity contribution >= 4 is 48.3 Å². The third-order valence-corrected chi connectivity index (χ3v) is 7.44. The fraction of sp³-hybridized carbons (Fsp3) is 0.483. The van der Waals surface area contributed by atoms with Crippen LogP contribution in [0, 0.1) is 0 Å². The molecule has 0 bridgehead atoms. The van der Waals surface area contributed by atoms with Crippen LogP contribution in [0.2, 0.25) is 0 Å². The van der Waals surface area contributed by atoms with Gasteiger partial charge in [-0.05, 0) is 43.5 Å². The molecule has 2 atom stereocenters. The molecule has 46 heavy (non-hydrogen) atoms. The second kappa shape index (κ2) is 19.3. The summed E-state index contributed by atoms with van der Waals surface area (Å²) in [5, 5.41) is 15.1. The summed E-state index contributed by atoms with van der Waals surface area (Å²) in [5.41, 5.74) is 6.54. The highest BCUT2D eigenvalue weighted by Crippen LogP contribution is 2.36. The highest BCUT2D eigenvalue weighted by Gasteiger charge is 2.21. The van der Waals surface area contributed by atoms with Crippen LogP contribution < -0.4 is 26.8 Å². The molecular weight excluding hydrogens is 621 g/mol. The molecule has 1 aromatic carbocycles. The summed E-state index contributed by atoms with van der Waals surface area (Å²) in [5.74, 6) is -1.99. The van der Waals surface area contributed by atoms with Crippen LogP contribution in [0.3, 0.4) is 0 Å². The van der Waals surface area contributed by atoms with Crippen LogP contribution in [-0.4, -0.2) is 62.5 Å². The number of rotatable bonds is 19. The number of hydrogen-bond donors (Lipinski definition) is 5. The maximum Gasteiger partial charge on any atom is 0.326 e. The third-order valence-electron chi connectivity index (χ3n) is 6.50. The Morgan fingerprint density at radius 2 is 1.74 bits per heavy atom. The number of carbonyl (C=O) groups excluding carboxylic acids is 2. The molecule has 2 heterocycles. The van der Waals surface area contributed by atoms with Crippen LogP contribution in [0.5, 0.6) is 0 Å². The number of aliphatic carboxylic acids is 1. The number of phosphoric ester groups is 1. The van der Waals surface area contributed by atoms with Gasteiger partial charge in [-0.25, -0.2) is 14.8 Å². The summed E-state index contributed by atoms with van der Waals surface area (Å²) >= 11 is 0. The van der Waals surface area contributed by atoms with Crippen LogP contribution in [0.15, 0.2) is 35.3 Å². The van der Waals surface area contributed by atoms with Gasteiger partial charge in [-0.1, -0.05) is 33.1 Å². The lowest BCUT2D eigenvalue weighted by molar-refractivity contribution is -0.223. The van der Waals surface area contributed by atoms with E-state index in [9.17, 15) is 33.7 Å². The largest absolute Gasteiger partial charge is 0.756 e. The van der Waals surface area contributed by atoms with Crippen molar-refractivity contribution in [3.63, 3.8) is 0 Å². The number of nitrogens with zero attached hydrogens (tertiary/aromatic N) is 3. The summed E-state index contributed by atoms with van der Waals surface area (Å²) < 4.78 is 19.9. The molecule has 6 N–H and O–H groups in total. The lowest BCUT2D eigenvalue weighted by atomic mass is 10.0. The third kappa shape index (κ3) is 13.0. The minimum absolute atomic E-state index is 0.0106. The van der Waals surface area contributed by atoms with Gasteiger partial charge in [-0.2, -0.15) is 4.98 Å². The number of nitrogens with two attached hydrogens (primary N) is 1. The van der Waals surface area contributed by atoms with Gasteiger partial charge in [-0.3, -0.25) is 23.9 Å². The first-order chi connectivity index (χ1) is 22.0. The number of unbranched alkanes of at least 4 members (excludes halogenated alkanes) is 4. The number of hydrogen-bond acceptors (Lipinski definition) is 13. The highest BCUT2D eigenvalue weighted by atomic mass is 31.2. The van der Waals surface area contributed by atoms with E-state index in [4.69, 9.17) is 5.73 Å². The Kier molecular flexibility index (Phi) is 15.9. The number of amides is 1. The zero-order chi connectivity index (χ0) is 34.1. The van der Waals surface area contributed by atoms with E-state index in [0.717, 1.165) is 26.4 Å². The molecule has 16 nitrogen and oxygen atoms in total. The van der Waals surface area contributed by atoms with E-state index >= 15 is 0 Å². The van der Waals surface area contributed by atoms with E-state index < -0.39 is 31.3 Å². The second-order valence-corrected chi connectivity index (χ2v) is 11.4. The summed E-state index contributed by atoms with van der Waals surface area (Å²) in [6, 6.07) is 5.08. The molecule has 0 aliphatic heterocycles. The van der Waals surface area contributed by atoms with Crippen LogP contribution >= 0.6 is 7.82 Å². The molecular formula is C29H41N7O9P-. The number of nitrogens with one attached hydrogen (secondary N) is 3. The lowest BCUT2D eigenvalue weighted by Gasteiger charge is -2.19. The van der Waals surface area contributed by atoms with E-state index in [1.807, 2.05) is 13.8 Å². The fourth-order valence-electron chi connectivity index (χ4n) is 4.10. The first-order valence-corrected chi connectivity index (χ1v) is 16.4. The van der Waals surface area contributed by atoms with E-state index in [0.29, 0.717) is 24.2 Å². The fourth-order valence-corrected chi connectivity index (χ4v) is 4.56. The number of phosphoric acid groups is 1. The van der Waals surface area contributed by atoms with E-state index in [-0.39, 0.29) is 60.9 Å². The van der Waals surface area contributed by atoms with Crippen molar-refractivity contribution < 1.29 is 38.0 Å². The number of H-pyrrole nitrogens is 1. The van der Waals surface area contributed by atoms with Crippen molar-refractivity contribution in [1.82, 2.24) is 25.3 Å². The summed E-state index contributed by atoms with van der Waals surface area (Å²) in [7, 11) is -3.17. The summed E-state index contributed by atoms with van der Waals surface area (Å²) in [4.78, 5) is 74.4. The molecule has 0 fully saturated rings. The number of aromatic amines is 1.